The van der Waals surface area contributed by atoms with Crippen LogP contribution < -0.4 is 5.43 Å². The first-order chi connectivity index (χ1) is 12.8. The van der Waals surface area contributed by atoms with Crippen molar-refractivity contribution in [1.29, 1.82) is 0 Å². The molecule has 26 heavy (non-hydrogen) atoms. The van der Waals surface area contributed by atoms with E-state index in [4.69, 9.17) is 9.47 Å². The molecule has 0 saturated carbocycles. The standard InChI is InChI=1S/C20H20N2O4/c23-19-16-11-5-6-12-17(16)21-22-18(15-9-3-1-4-10-15)20(24)26-14-8-2-7-13-25-19/h1,3-6,9-12,21H,2,7-8,13-14H2/b22-18+. The summed E-state index contributed by atoms with van der Waals surface area (Å²) in [6, 6.07) is 16.0. The Hall–Kier alpha value is -3.15. The lowest BCUT2D eigenvalue weighted by molar-refractivity contribution is -0.135. The molecule has 1 N–H and O–H groups in total. The van der Waals surface area contributed by atoms with Gasteiger partial charge in [0.25, 0.3) is 0 Å². The summed E-state index contributed by atoms with van der Waals surface area (Å²) in [5.41, 5.74) is 4.45. The molecule has 0 saturated heterocycles. The number of benzene rings is 2. The number of hydrogen-bond acceptors (Lipinski definition) is 6. The lowest BCUT2D eigenvalue weighted by Gasteiger charge is -2.12. The predicted molar refractivity (Wildman–Crippen MR) is 98.1 cm³/mol. The van der Waals surface area contributed by atoms with Gasteiger partial charge in [0.1, 0.15) is 0 Å². The maximum atomic E-state index is 12.5. The minimum absolute atomic E-state index is 0.158. The van der Waals surface area contributed by atoms with Crippen LogP contribution in [0.25, 0.3) is 0 Å². The Balaban J connectivity index is 1.96. The Morgan fingerprint density at radius 2 is 1.42 bits per heavy atom. The van der Waals surface area contributed by atoms with E-state index >= 15 is 0 Å². The van der Waals surface area contributed by atoms with Gasteiger partial charge < -0.3 is 9.47 Å². The number of esters is 2. The zero-order chi connectivity index (χ0) is 18.2. The van der Waals surface area contributed by atoms with Gasteiger partial charge in [-0.3, -0.25) is 5.43 Å². The molecule has 2 aromatic carbocycles. The maximum absolute atomic E-state index is 12.5. The summed E-state index contributed by atoms with van der Waals surface area (Å²) in [5, 5.41) is 4.22. The maximum Gasteiger partial charge on any atom is 0.359 e. The number of rotatable bonds is 1. The molecule has 134 valence electrons. The first-order valence-electron chi connectivity index (χ1n) is 8.58. The summed E-state index contributed by atoms with van der Waals surface area (Å²) in [6.07, 6.45) is 2.23. The van der Waals surface area contributed by atoms with Gasteiger partial charge in [0.15, 0.2) is 5.71 Å². The number of fused-ring (bicyclic) bond motifs is 1. The molecule has 0 radical (unpaired) electrons. The van der Waals surface area contributed by atoms with E-state index in [-0.39, 0.29) is 5.71 Å². The van der Waals surface area contributed by atoms with E-state index in [1.807, 2.05) is 18.2 Å². The topological polar surface area (TPSA) is 77.0 Å². The van der Waals surface area contributed by atoms with Gasteiger partial charge in [0.2, 0.25) is 0 Å². The lowest BCUT2D eigenvalue weighted by Crippen LogP contribution is -2.21. The second-order valence-corrected chi connectivity index (χ2v) is 5.82. The highest BCUT2D eigenvalue weighted by Gasteiger charge is 2.18. The molecule has 3 rings (SSSR count). The molecule has 0 fully saturated rings. The fourth-order valence-corrected chi connectivity index (χ4v) is 2.56. The Morgan fingerprint density at radius 1 is 0.769 bits per heavy atom. The minimum Gasteiger partial charge on any atom is -0.462 e. The van der Waals surface area contributed by atoms with E-state index in [2.05, 4.69) is 10.5 Å². The Kier molecular flexibility index (Phi) is 5.98. The average molecular weight is 352 g/mol. The van der Waals surface area contributed by atoms with E-state index in [0.29, 0.717) is 36.4 Å². The molecule has 6 nitrogen and oxygen atoms in total. The number of cyclic esters (lactones) is 2. The van der Waals surface area contributed by atoms with Crippen molar-refractivity contribution in [3.63, 3.8) is 0 Å². The molecule has 0 unspecified atom stereocenters. The van der Waals surface area contributed by atoms with Gasteiger partial charge in [-0.25, -0.2) is 9.59 Å². The minimum atomic E-state index is -0.499. The number of nitrogens with one attached hydrogen (secondary N) is 1. The molecule has 1 heterocycles. The molecule has 0 amide bonds. The molecule has 1 aliphatic rings. The number of carbonyl (C=O) groups is 2. The van der Waals surface area contributed by atoms with Gasteiger partial charge >= 0.3 is 11.9 Å². The number of para-hydroxylation sites is 1. The van der Waals surface area contributed by atoms with Gasteiger partial charge in [0.05, 0.1) is 24.5 Å². The lowest BCUT2D eigenvalue weighted by atomic mass is 10.1. The Morgan fingerprint density at radius 3 is 2.19 bits per heavy atom. The highest BCUT2D eigenvalue weighted by atomic mass is 16.5. The number of ether oxygens (including phenoxy) is 2. The SMILES string of the molecule is O=C1OCCCCCOC(=O)c2ccccc2N/N=C/1c1ccccc1. The van der Waals surface area contributed by atoms with Gasteiger partial charge in [-0.05, 0) is 31.4 Å². The van der Waals surface area contributed by atoms with Crippen molar-refractivity contribution >= 4 is 23.3 Å². The molecule has 1 aliphatic heterocycles. The van der Waals surface area contributed by atoms with Gasteiger partial charge in [-0.2, -0.15) is 5.10 Å². The largest absolute Gasteiger partial charge is 0.462 e. The highest BCUT2D eigenvalue weighted by Crippen LogP contribution is 2.17. The van der Waals surface area contributed by atoms with Crippen LogP contribution in [-0.4, -0.2) is 30.9 Å². The second-order valence-electron chi connectivity index (χ2n) is 5.82. The Labute approximate surface area is 151 Å². The third kappa shape index (κ3) is 4.47. The van der Waals surface area contributed by atoms with Crippen molar-refractivity contribution < 1.29 is 19.1 Å². The van der Waals surface area contributed by atoms with Crippen molar-refractivity contribution in [3.8, 4) is 0 Å². The quantitative estimate of drug-likeness (QED) is 0.796. The van der Waals surface area contributed by atoms with Gasteiger partial charge in [-0.15, -0.1) is 0 Å². The first-order valence-corrected chi connectivity index (χ1v) is 8.58. The van der Waals surface area contributed by atoms with E-state index in [1.165, 1.54) is 0 Å². The van der Waals surface area contributed by atoms with Crippen molar-refractivity contribution in [2.75, 3.05) is 18.6 Å². The molecule has 0 bridgehead atoms. The molecule has 0 spiro atoms. The summed E-state index contributed by atoms with van der Waals surface area (Å²) in [7, 11) is 0. The molecule has 0 atom stereocenters. The van der Waals surface area contributed by atoms with Crippen molar-refractivity contribution in [2.24, 2.45) is 5.10 Å². The number of hydrazone groups is 1. The van der Waals surface area contributed by atoms with E-state index in [0.717, 1.165) is 12.8 Å². The number of nitrogens with zero attached hydrogens (tertiary/aromatic N) is 1. The van der Waals surface area contributed by atoms with Crippen molar-refractivity contribution in [2.45, 2.75) is 19.3 Å². The number of hydrogen-bond donors (Lipinski definition) is 1. The molecule has 0 aliphatic carbocycles. The van der Waals surface area contributed by atoms with E-state index in [9.17, 15) is 9.59 Å². The molecular weight excluding hydrogens is 332 g/mol. The smallest absolute Gasteiger partial charge is 0.359 e. The monoisotopic (exact) mass is 352 g/mol. The fraction of sp³-hybridized carbons (Fsp3) is 0.250. The summed E-state index contributed by atoms with van der Waals surface area (Å²) < 4.78 is 10.7. The van der Waals surface area contributed by atoms with Crippen LogP contribution in [0.1, 0.15) is 35.2 Å². The third-order valence-electron chi connectivity index (χ3n) is 3.93. The fourth-order valence-electron chi connectivity index (χ4n) is 2.56. The zero-order valence-corrected chi connectivity index (χ0v) is 14.3. The first kappa shape index (κ1) is 17.7. The van der Waals surface area contributed by atoms with E-state index < -0.39 is 11.9 Å². The third-order valence-corrected chi connectivity index (χ3v) is 3.93. The number of anilines is 1. The van der Waals surface area contributed by atoms with Crippen LogP contribution >= 0.6 is 0 Å². The van der Waals surface area contributed by atoms with Crippen LogP contribution in [0.15, 0.2) is 59.7 Å². The molecular formula is C20H20N2O4. The Bertz CT molecular complexity index is 802. The van der Waals surface area contributed by atoms with Crippen LogP contribution in [0.5, 0.6) is 0 Å². The normalized spacial score (nSPS) is 18.2. The summed E-state index contributed by atoms with van der Waals surface area (Å²) in [4.78, 5) is 24.8. The highest BCUT2D eigenvalue weighted by molar-refractivity contribution is 6.43. The van der Waals surface area contributed by atoms with Crippen molar-refractivity contribution in [1.82, 2.24) is 0 Å². The predicted octanol–water partition coefficient (Wildman–Crippen LogP) is 3.39. The average Bonchev–Trinajstić information content (AvgIpc) is 2.68. The van der Waals surface area contributed by atoms with Crippen LogP contribution in [0.4, 0.5) is 5.69 Å². The van der Waals surface area contributed by atoms with Crippen molar-refractivity contribution in [3.05, 3.63) is 65.7 Å². The van der Waals surface area contributed by atoms with Crippen LogP contribution in [-0.2, 0) is 14.3 Å². The van der Waals surface area contributed by atoms with Crippen LogP contribution in [0.2, 0.25) is 0 Å². The molecule has 2 aromatic rings. The summed E-state index contributed by atoms with van der Waals surface area (Å²) >= 11 is 0. The summed E-state index contributed by atoms with van der Waals surface area (Å²) in [6.45, 7) is 0.634. The van der Waals surface area contributed by atoms with Crippen LogP contribution in [0.3, 0.4) is 0 Å². The zero-order valence-electron chi connectivity index (χ0n) is 14.3. The second kappa shape index (κ2) is 8.80. The number of carbonyl (C=O) groups excluding carboxylic acids is 2. The molecule has 0 aromatic heterocycles. The van der Waals surface area contributed by atoms with Gasteiger partial charge in [-0.1, -0.05) is 42.5 Å². The summed E-state index contributed by atoms with van der Waals surface area (Å²) in [5.74, 6) is -0.912. The van der Waals surface area contributed by atoms with E-state index in [1.54, 1.807) is 36.4 Å². The van der Waals surface area contributed by atoms with Gasteiger partial charge in [0, 0.05) is 5.56 Å². The molecule has 6 heteroatoms. The van der Waals surface area contributed by atoms with Crippen LogP contribution in [0, 0.1) is 0 Å².